The molecule has 0 spiro atoms. The highest BCUT2D eigenvalue weighted by Crippen LogP contribution is 2.29. The first-order valence-corrected chi connectivity index (χ1v) is 4.57. The lowest BCUT2D eigenvalue weighted by Gasteiger charge is -2.25. The molecule has 1 aromatic rings. The van der Waals surface area contributed by atoms with Crippen LogP contribution in [0.3, 0.4) is 0 Å². The summed E-state index contributed by atoms with van der Waals surface area (Å²) in [6, 6.07) is 2.02. The molecule has 1 unspecified atom stereocenters. The van der Waals surface area contributed by atoms with E-state index in [1.807, 2.05) is 23.9 Å². The number of nitrogens with two attached hydrogens (primary N) is 1. The molecule has 0 amide bonds. The van der Waals surface area contributed by atoms with Crippen molar-refractivity contribution < 1.29 is 4.74 Å². The predicted octanol–water partition coefficient (Wildman–Crippen LogP) is 0.547. The molecule has 4 heteroatoms. The average Bonchev–Trinajstić information content (AvgIpc) is 2.49. The second-order valence-corrected chi connectivity index (χ2v) is 3.34. The van der Waals surface area contributed by atoms with E-state index in [9.17, 15) is 0 Å². The van der Waals surface area contributed by atoms with Gasteiger partial charge in [-0.3, -0.25) is 0 Å². The number of hydrogen-bond acceptors (Lipinski definition) is 3. The molecule has 2 heterocycles. The Morgan fingerprint density at radius 1 is 1.77 bits per heavy atom. The monoisotopic (exact) mass is 181 g/mol. The van der Waals surface area contributed by atoms with Gasteiger partial charge in [-0.1, -0.05) is 0 Å². The van der Waals surface area contributed by atoms with Gasteiger partial charge in [-0.05, 0) is 19.0 Å². The molecule has 0 bridgehead atoms. The Labute approximate surface area is 77.7 Å². The first-order chi connectivity index (χ1) is 6.31. The highest BCUT2D eigenvalue weighted by molar-refractivity contribution is 5.55. The maximum absolute atomic E-state index is 5.76. The first-order valence-electron chi connectivity index (χ1n) is 4.57. The number of nitrogens with one attached hydrogen (secondary N) is 1. The van der Waals surface area contributed by atoms with Gasteiger partial charge in [0.2, 0.25) is 5.88 Å². The summed E-state index contributed by atoms with van der Waals surface area (Å²) >= 11 is 0. The van der Waals surface area contributed by atoms with Gasteiger partial charge < -0.3 is 20.4 Å². The van der Waals surface area contributed by atoms with Crippen molar-refractivity contribution in [2.24, 2.45) is 12.8 Å². The third kappa shape index (κ3) is 1.49. The average molecular weight is 181 g/mol. The maximum Gasteiger partial charge on any atom is 0.217 e. The minimum atomic E-state index is 0.214. The Balaban J connectivity index is 2.13. The lowest BCUT2D eigenvalue weighted by molar-refractivity contribution is 0.184. The van der Waals surface area contributed by atoms with Crippen LogP contribution in [0.15, 0.2) is 12.3 Å². The van der Waals surface area contributed by atoms with Crippen molar-refractivity contribution in [3.8, 4) is 5.88 Å². The van der Waals surface area contributed by atoms with Crippen LogP contribution in [0.2, 0.25) is 0 Å². The lowest BCUT2D eigenvalue weighted by Crippen LogP contribution is -2.32. The summed E-state index contributed by atoms with van der Waals surface area (Å²) in [7, 11) is 1.98. The topological polar surface area (TPSA) is 52.2 Å². The molecular weight excluding hydrogens is 166 g/mol. The first kappa shape index (κ1) is 8.44. The number of aryl methyl sites for hydroxylation is 1. The van der Waals surface area contributed by atoms with Crippen LogP contribution >= 0.6 is 0 Å². The summed E-state index contributed by atoms with van der Waals surface area (Å²) in [4.78, 5) is 0. The van der Waals surface area contributed by atoms with Gasteiger partial charge in [0.25, 0.3) is 0 Å². The number of ether oxygens (including phenoxy) is 1. The molecule has 0 radical (unpaired) electrons. The molecule has 3 N–H and O–H groups in total. The van der Waals surface area contributed by atoms with Crippen LogP contribution < -0.4 is 15.8 Å². The normalized spacial score (nSPS) is 20.3. The molecule has 1 aromatic heterocycles. The predicted molar refractivity (Wildman–Crippen MR) is 52.0 cm³/mol. The third-order valence-electron chi connectivity index (χ3n) is 2.30. The molecule has 0 saturated carbocycles. The molecule has 0 aliphatic carbocycles. The van der Waals surface area contributed by atoms with Gasteiger partial charge in [0.05, 0.1) is 12.2 Å². The molecule has 0 saturated heterocycles. The molecule has 1 aliphatic heterocycles. The standard InChI is InChI=1S/C9H15N3O/c1-12-5-3-8-9(12)13-7(2-4-10)6-11-8/h3,5,7,11H,2,4,6,10H2,1H3. The fourth-order valence-corrected chi connectivity index (χ4v) is 1.57. The highest BCUT2D eigenvalue weighted by Gasteiger charge is 2.20. The Hall–Kier alpha value is -1.16. The summed E-state index contributed by atoms with van der Waals surface area (Å²) in [5.74, 6) is 0.921. The van der Waals surface area contributed by atoms with Gasteiger partial charge in [0.1, 0.15) is 6.10 Å². The molecular formula is C9H15N3O. The number of anilines is 1. The Kier molecular flexibility index (Phi) is 2.14. The van der Waals surface area contributed by atoms with Gasteiger partial charge in [-0.15, -0.1) is 0 Å². The Morgan fingerprint density at radius 3 is 3.38 bits per heavy atom. The van der Waals surface area contributed by atoms with Crippen LogP contribution in [-0.4, -0.2) is 23.8 Å². The third-order valence-corrected chi connectivity index (χ3v) is 2.30. The largest absolute Gasteiger partial charge is 0.472 e. The Morgan fingerprint density at radius 2 is 2.62 bits per heavy atom. The molecule has 13 heavy (non-hydrogen) atoms. The van der Waals surface area contributed by atoms with Crippen molar-refractivity contribution in [1.29, 1.82) is 0 Å². The van der Waals surface area contributed by atoms with Crippen LogP contribution in [0.5, 0.6) is 5.88 Å². The van der Waals surface area contributed by atoms with E-state index >= 15 is 0 Å². The smallest absolute Gasteiger partial charge is 0.217 e. The fraction of sp³-hybridized carbons (Fsp3) is 0.556. The van der Waals surface area contributed by atoms with Crippen molar-refractivity contribution in [1.82, 2.24) is 4.57 Å². The van der Waals surface area contributed by atoms with Crippen molar-refractivity contribution in [3.63, 3.8) is 0 Å². The Bertz CT molecular complexity index is 295. The van der Waals surface area contributed by atoms with E-state index in [2.05, 4.69) is 5.32 Å². The zero-order valence-electron chi connectivity index (χ0n) is 7.79. The van der Waals surface area contributed by atoms with Crippen molar-refractivity contribution in [2.75, 3.05) is 18.4 Å². The zero-order chi connectivity index (χ0) is 9.26. The molecule has 2 rings (SSSR count). The molecule has 1 aliphatic rings. The van der Waals surface area contributed by atoms with E-state index in [0.717, 1.165) is 24.5 Å². The molecule has 4 nitrogen and oxygen atoms in total. The van der Waals surface area contributed by atoms with Crippen LogP contribution in [0.4, 0.5) is 5.69 Å². The summed E-state index contributed by atoms with van der Waals surface area (Å²) in [5, 5.41) is 3.32. The van der Waals surface area contributed by atoms with Crippen LogP contribution in [0.25, 0.3) is 0 Å². The number of nitrogens with zero attached hydrogens (tertiary/aromatic N) is 1. The van der Waals surface area contributed by atoms with Crippen molar-refractivity contribution >= 4 is 5.69 Å². The van der Waals surface area contributed by atoms with Gasteiger partial charge >= 0.3 is 0 Å². The van der Waals surface area contributed by atoms with Crippen LogP contribution in [0.1, 0.15) is 6.42 Å². The molecule has 1 atom stereocenters. The lowest BCUT2D eigenvalue weighted by atomic mass is 10.2. The van der Waals surface area contributed by atoms with Crippen molar-refractivity contribution in [2.45, 2.75) is 12.5 Å². The van der Waals surface area contributed by atoms with Gasteiger partial charge in [-0.25, -0.2) is 0 Å². The fourth-order valence-electron chi connectivity index (χ4n) is 1.57. The summed E-state index contributed by atoms with van der Waals surface area (Å²) in [5.41, 5.74) is 6.56. The number of rotatable bonds is 2. The van der Waals surface area contributed by atoms with Gasteiger partial charge in [0.15, 0.2) is 0 Å². The summed E-state index contributed by atoms with van der Waals surface area (Å²) in [6.45, 7) is 1.53. The second-order valence-electron chi connectivity index (χ2n) is 3.34. The zero-order valence-corrected chi connectivity index (χ0v) is 7.79. The molecule has 72 valence electrons. The highest BCUT2D eigenvalue weighted by atomic mass is 16.5. The van der Waals surface area contributed by atoms with E-state index in [1.54, 1.807) is 0 Å². The summed E-state index contributed by atoms with van der Waals surface area (Å²) in [6.07, 6.45) is 3.10. The summed E-state index contributed by atoms with van der Waals surface area (Å²) < 4.78 is 7.74. The van der Waals surface area contributed by atoms with E-state index in [4.69, 9.17) is 10.5 Å². The minimum Gasteiger partial charge on any atom is -0.472 e. The van der Waals surface area contributed by atoms with Crippen LogP contribution in [-0.2, 0) is 7.05 Å². The van der Waals surface area contributed by atoms with E-state index in [0.29, 0.717) is 6.54 Å². The van der Waals surface area contributed by atoms with E-state index in [1.165, 1.54) is 0 Å². The number of hydrogen-bond donors (Lipinski definition) is 2. The van der Waals surface area contributed by atoms with Gasteiger partial charge in [0, 0.05) is 13.2 Å². The molecule has 0 aromatic carbocycles. The number of fused-ring (bicyclic) bond motifs is 1. The SMILES string of the molecule is Cn1ccc2c1OC(CCN)CN2. The van der Waals surface area contributed by atoms with Crippen LogP contribution in [0, 0.1) is 0 Å². The van der Waals surface area contributed by atoms with E-state index in [-0.39, 0.29) is 6.10 Å². The quantitative estimate of drug-likeness (QED) is 0.700. The molecule has 0 fully saturated rings. The van der Waals surface area contributed by atoms with Gasteiger partial charge in [-0.2, -0.15) is 0 Å². The number of aromatic nitrogens is 1. The van der Waals surface area contributed by atoms with Crippen molar-refractivity contribution in [3.05, 3.63) is 12.3 Å². The minimum absolute atomic E-state index is 0.214. The second kappa shape index (κ2) is 3.30. The maximum atomic E-state index is 5.76. The van der Waals surface area contributed by atoms with E-state index < -0.39 is 0 Å².